The number of amides is 1. The molecule has 1 unspecified atom stereocenters. The van der Waals surface area contributed by atoms with Gasteiger partial charge in [0.1, 0.15) is 11.4 Å². The molecule has 4 aromatic carbocycles. The Morgan fingerprint density at radius 3 is 1.95 bits per heavy atom. The monoisotopic (exact) mass is 560 g/mol. The van der Waals surface area contributed by atoms with Crippen LogP contribution in [0, 0.1) is 5.92 Å². The van der Waals surface area contributed by atoms with Gasteiger partial charge < -0.3 is 5.32 Å². The summed E-state index contributed by atoms with van der Waals surface area (Å²) in [5, 5.41) is 3.94. The van der Waals surface area contributed by atoms with Crippen LogP contribution < -0.4 is 9.88 Å². The molecule has 1 aliphatic rings. The highest BCUT2D eigenvalue weighted by Gasteiger charge is 2.46. The van der Waals surface area contributed by atoms with Crippen LogP contribution in [0.25, 0.3) is 0 Å². The molecule has 0 radical (unpaired) electrons. The molecular formula is C36H35ClN3O+. The van der Waals surface area contributed by atoms with E-state index in [1.807, 2.05) is 24.3 Å². The zero-order valence-electron chi connectivity index (χ0n) is 23.1. The van der Waals surface area contributed by atoms with Gasteiger partial charge in [-0.3, -0.25) is 4.79 Å². The summed E-state index contributed by atoms with van der Waals surface area (Å²) in [6, 6.07) is 40.1. The molecule has 1 aromatic heterocycles. The maximum Gasteiger partial charge on any atom is 0.243 e. The summed E-state index contributed by atoms with van der Waals surface area (Å²) in [6.07, 6.45) is 6.24. The van der Waals surface area contributed by atoms with Crippen LogP contribution in [0.15, 0.2) is 122 Å². The largest absolute Gasteiger partial charge is 0.356 e. The number of aromatic nitrogens is 2. The molecule has 5 heteroatoms. The number of fused-ring (bicyclic) bond motifs is 1. The first-order valence-corrected chi connectivity index (χ1v) is 14.8. The van der Waals surface area contributed by atoms with E-state index in [1.54, 1.807) is 0 Å². The van der Waals surface area contributed by atoms with Crippen LogP contribution in [0.3, 0.4) is 0 Å². The minimum atomic E-state index is -0.544. The van der Waals surface area contributed by atoms with Crippen LogP contribution >= 0.6 is 11.6 Å². The molecule has 0 saturated heterocycles. The normalized spacial score (nSPS) is 14.8. The first-order chi connectivity index (χ1) is 20.1. The van der Waals surface area contributed by atoms with Crippen LogP contribution in [0.1, 0.15) is 46.5 Å². The van der Waals surface area contributed by atoms with Gasteiger partial charge >= 0.3 is 0 Å². The lowest BCUT2D eigenvalue weighted by Gasteiger charge is -2.34. The van der Waals surface area contributed by atoms with Gasteiger partial charge in [0.2, 0.25) is 12.2 Å². The molecule has 4 nitrogen and oxygen atoms in total. The number of imidazole rings is 1. The Hall–Kier alpha value is -4.15. The first-order valence-electron chi connectivity index (χ1n) is 14.4. The molecule has 1 heterocycles. The fourth-order valence-electron chi connectivity index (χ4n) is 6.30. The number of hydrogen-bond acceptors (Lipinski definition) is 1. The predicted molar refractivity (Wildman–Crippen MR) is 164 cm³/mol. The molecular weight excluding hydrogens is 526 g/mol. The molecule has 0 fully saturated rings. The average molecular weight is 561 g/mol. The minimum Gasteiger partial charge on any atom is -0.356 e. The summed E-state index contributed by atoms with van der Waals surface area (Å²) in [6.45, 7) is 0.680. The lowest BCUT2D eigenvalue weighted by atomic mass is 9.76. The van der Waals surface area contributed by atoms with Crippen molar-refractivity contribution in [1.29, 1.82) is 0 Å². The van der Waals surface area contributed by atoms with Gasteiger partial charge in [-0.25, -0.2) is 9.55 Å². The molecule has 0 spiro atoms. The van der Waals surface area contributed by atoms with Crippen molar-refractivity contribution in [2.45, 2.75) is 37.6 Å². The predicted octanol–water partition coefficient (Wildman–Crippen LogP) is 6.65. The van der Waals surface area contributed by atoms with Crippen LogP contribution in [0.5, 0.6) is 0 Å². The van der Waals surface area contributed by atoms with Gasteiger partial charge in [-0.1, -0.05) is 115 Å². The number of rotatable bonds is 9. The summed E-state index contributed by atoms with van der Waals surface area (Å²) >= 11 is 6.00. The van der Waals surface area contributed by atoms with Crippen molar-refractivity contribution in [3.63, 3.8) is 0 Å². The van der Waals surface area contributed by atoms with Crippen LogP contribution in [0.2, 0.25) is 5.02 Å². The smallest absolute Gasteiger partial charge is 0.243 e. The third-order valence-corrected chi connectivity index (χ3v) is 8.62. The van der Waals surface area contributed by atoms with Crippen LogP contribution in [-0.4, -0.2) is 17.4 Å². The molecule has 0 aliphatic heterocycles. The third kappa shape index (κ3) is 5.57. The van der Waals surface area contributed by atoms with Gasteiger partial charge in [-0.05, 0) is 36.5 Å². The maximum atomic E-state index is 12.8. The van der Waals surface area contributed by atoms with Crippen molar-refractivity contribution < 1.29 is 9.36 Å². The second kappa shape index (κ2) is 12.2. The molecule has 6 rings (SSSR count). The second-order valence-electron chi connectivity index (χ2n) is 10.9. The molecule has 1 amide bonds. The maximum absolute atomic E-state index is 12.8. The van der Waals surface area contributed by atoms with E-state index in [4.69, 9.17) is 11.6 Å². The number of hydrogen-bond donors (Lipinski definition) is 2. The fraction of sp³-hybridized carbons (Fsp3) is 0.222. The topological polar surface area (TPSA) is 48.8 Å². The molecule has 2 N–H and O–H groups in total. The van der Waals surface area contributed by atoms with E-state index in [0.717, 1.165) is 24.8 Å². The van der Waals surface area contributed by atoms with E-state index >= 15 is 0 Å². The molecule has 5 aromatic rings. The molecule has 206 valence electrons. The number of carbonyl (C=O) groups is 1. The van der Waals surface area contributed by atoms with E-state index in [2.05, 4.69) is 112 Å². The lowest BCUT2D eigenvalue weighted by molar-refractivity contribution is -0.740. The Bertz CT molecular complexity index is 1480. The fourth-order valence-corrected chi connectivity index (χ4v) is 6.42. The van der Waals surface area contributed by atoms with Gasteiger partial charge in [0.25, 0.3) is 0 Å². The SMILES string of the molecule is O=C(CCc1ccc(Cl)cc1)NCC1CCc2[nH]c[n+](C(c3ccccc3)(c3ccccc3)c3ccccc3)c2C1. The van der Waals surface area contributed by atoms with E-state index in [1.165, 1.54) is 28.1 Å². The Morgan fingerprint density at radius 1 is 0.829 bits per heavy atom. The summed E-state index contributed by atoms with van der Waals surface area (Å²) < 4.78 is 2.46. The van der Waals surface area contributed by atoms with Crippen molar-refractivity contribution in [3.05, 3.63) is 160 Å². The quantitative estimate of drug-likeness (QED) is 0.154. The van der Waals surface area contributed by atoms with Crippen molar-refractivity contribution in [1.82, 2.24) is 10.3 Å². The Kier molecular flexibility index (Phi) is 8.02. The molecule has 1 aliphatic carbocycles. The number of nitrogens with one attached hydrogen (secondary N) is 2. The van der Waals surface area contributed by atoms with E-state index in [9.17, 15) is 4.79 Å². The second-order valence-corrected chi connectivity index (χ2v) is 11.4. The number of nitrogens with zero attached hydrogens (tertiary/aromatic N) is 1. The van der Waals surface area contributed by atoms with E-state index in [-0.39, 0.29) is 5.91 Å². The number of halogens is 1. The zero-order valence-corrected chi connectivity index (χ0v) is 23.9. The number of carbonyl (C=O) groups excluding carboxylic acids is 1. The highest BCUT2D eigenvalue weighted by Crippen LogP contribution is 2.38. The van der Waals surface area contributed by atoms with Crippen LogP contribution in [0.4, 0.5) is 0 Å². The van der Waals surface area contributed by atoms with Gasteiger partial charge in [-0.15, -0.1) is 0 Å². The van der Waals surface area contributed by atoms with Crippen molar-refractivity contribution in [2.75, 3.05) is 6.54 Å². The molecule has 0 bridgehead atoms. The highest BCUT2D eigenvalue weighted by atomic mass is 35.5. The summed E-state index contributed by atoms with van der Waals surface area (Å²) in [5.74, 6) is 0.462. The zero-order chi connectivity index (χ0) is 28.1. The Balaban J connectivity index is 1.29. The van der Waals surface area contributed by atoms with Crippen LogP contribution in [-0.2, 0) is 29.6 Å². The summed E-state index contributed by atoms with van der Waals surface area (Å²) in [5.41, 5.74) is 6.79. The first kappa shape index (κ1) is 27.0. The van der Waals surface area contributed by atoms with Gasteiger partial charge in [0, 0.05) is 47.5 Å². The molecule has 41 heavy (non-hydrogen) atoms. The Morgan fingerprint density at radius 2 is 1.39 bits per heavy atom. The Labute approximate surface area is 247 Å². The number of benzene rings is 4. The van der Waals surface area contributed by atoms with Crippen molar-refractivity contribution >= 4 is 17.5 Å². The number of H-pyrrole nitrogens is 1. The minimum absolute atomic E-state index is 0.0971. The van der Waals surface area contributed by atoms with E-state index < -0.39 is 5.54 Å². The summed E-state index contributed by atoms with van der Waals surface area (Å²) in [4.78, 5) is 16.4. The third-order valence-electron chi connectivity index (χ3n) is 8.37. The molecule has 0 saturated carbocycles. The average Bonchev–Trinajstić information content (AvgIpc) is 3.45. The lowest BCUT2D eigenvalue weighted by Crippen LogP contribution is -2.60. The van der Waals surface area contributed by atoms with Gasteiger partial charge in [0.15, 0.2) is 5.54 Å². The molecule has 1 atom stereocenters. The summed E-state index contributed by atoms with van der Waals surface area (Å²) in [7, 11) is 0. The van der Waals surface area contributed by atoms with Gasteiger partial charge in [0.05, 0.1) is 0 Å². The number of aryl methyl sites for hydroxylation is 2. The highest BCUT2D eigenvalue weighted by molar-refractivity contribution is 6.30. The van der Waals surface area contributed by atoms with Gasteiger partial charge in [-0.2, -0.15) is 0 Å². The van der Waals surface area contributed by atoms with Crippen molar-refractivity contribution in [3.8, 4) is 0 Å². The number of aromatic amines is 1. The van der Waals surface area contributed by atoms with Crippen molar-refractivity contribution in [2.24, 2.45) is 5.92 Å². The van der Waals surface area contributed by atoms with E-state index in [0.29, 0.717) is 30.3 Å². The standard InChI is InChI=1S/C36H34ClN3O/c37-32-20-16-27(17-21-32)19-23-35(41)38-25-28-18-22-33-34(24-28)40(26-39-33)36(29-10-4-1-5-11-29,30-12-6-2-7-13-30)31-14-8-3-9-15-31/h1-17,20-21,26,28H,18-19,22-25H2,(H,38,41)/p+1.